The summed E-state index contributed by atoms with van der Waals surface area (Å²) in [6.45, 7) is 1.80. The Morgan fingerprint density at radius 2 is 1.68 bits per heavy atom. The standard InChI is InChI=1S/C25H28ClN3O.C4H6O6/c1-28-14-16(10-11-27-25(30)17-6-8-19(26)9-7-17)12-21-20-4-3-5-22-24(20)18(13-23(21)28)15-29(22)2;5-1(3(7)8)2(6)4(9)10/h3-9,15-16,21,23H,10-14H2,1-2H3,(H,27,30);1-2,5-6H,(H,7,8)(H,9,10)/t16-,21?,23-;1-,2-/m11/s1. The molecule has 3 aromatic rings. The fourth-order valence-electron chi connectivity index (χ4n) is 5.90. The number of hydrogen-bond donors (Lipinski definition) is 5. The molecule has 10 nitrogen and oxygen atoms in total. The monoisotopic (exact) mass is 571 g/mol. The molecule has 1 aliphatic heterocycles. The maximum atomic E-state index is 12.4. The summed E-state index contributed by atoms with van der Waals surface area (Å²) in [6.07, 6.45) is 1.12. The van der Waals surface area contributed by atoms with E-state index in [2.05, 4.69) is 53.3 Å². The lowest BCUT2D eigenvalue weighted by Gasteiger charge is -2.45. The summed E-state index contributed by atoms with van der Waals surface area (Å²) in [5.41, 5.74) is 5.02. The van der Waals surface area contributed by atoms with Crippen LogP contribution in [0.2, 0.25) is 5.02 Å². The number of fused-ring (bicyclic) bond motifs is 2. The van der Waals surface area contributed by atoms with E-state index in [0.717, 1.165) is 19.4 Å². The molecule has 1 aromatic heterocycles. The van der Waals surface area contributed by atoms with Crippen molar-refractivity contribution in [3.63, 3.8) is 0 Å². The minimum Gasteiger partial charge on any atom is -0.479 e. The summed E-state index contributed by atoms with van der Waals surface area (Å²) in [5.74, 6) is -2.41. The predicted octanol–water partition coefficient (Wildman–Crippen LogP) is 2.49. The topological polar surface area (TPSA) is 152 Å². The number of aromatic nitrogens is 1. The number of benzene rings is 2. The van der Waals surface area contributed by atoms with Crippen LogP contribution in [0, 0.1) is 5.92 Å². The number of hydrogen-bond acceptors (Lipinski definition) is 6. The highest BCUT2D eigenvalue weighted by atomic mass is 35.5. The van der Waals surface area contributed by atoms with Crippen LogP contribution in [0.5, 0.6) is 0 Å². The van der Waals surface area contributed by atoms with Gasteiger partial charge in [-0.05, 0) is 73.7 Å². The average Bonchev–Trinajstić information content (AvgIpc) is 3.25. The third-order valence-electron chi connectivity index (χ3n) is 7.87. The molecule has 0 radical (unpaired) electrons. The maximum absolute atomic E-state index is 12.4. The Morgan fingerprint density at radius 3 is 2.30 bits per heavy atom. The number of halogens is 1. The number of likely N-dealkylation sites (tertiary alicyclic amines) is 1. The lowest BCUT2D eigenvalue weighted by molar-refractivity contribution is -0.165. The van der Waals surface area contributed by atoms with E-state index in [9.17, 15) is 14.4 Å². The molecule has 0 bridgehead atoms. The van der Waals surface area contributed by atoms with Gasteiger partial charge < -0.3 is 35.2 Å². The number of carboxylic acid groups (broad SMARTS) is 2. The van der Waals surface area contributed by atoms with Crippen molar-refractivity contribution in [2.45, 2.75) is 43.4 Å². The fourth-order valence-corrected chi connectivity index (χ4v) is 6.03. The van der Waals surface area contributed by atoms with Crippen molar-refractivity contribution in [3.05, 3.63) is 70.4 Å². The average molecular weight is 572 g/mol. The first-order chi connectivity index (χ1) is 19.0. The Balaban J connectivity index is 0.000000318. The van der Waals surface area contributed by atoms with Gasteiger partial charge in [0.15, 0.2) is 12.2 Å². The van der Waals surface area contributed by atoms with Gasteiger partial charge in [0.05, 0.1) is 0 Å². The molecule has 1 aliphatic carbocycles. The van der Waals surface area contributed by atoms with Crippen LogP contribution in [-0.2, 0) is 23.1 Å². The van der Waals surface area contributed by atoms with Gasteiger partial charge in [0.1, 0.15) is 0 Å². The molecular formula is C29H34ClN3O7. The van der Waals surface area contributed by atoms with Crippen LogP contribution < -0.4 is 5.32 Å². The van der Waals surface area contributed by atoms with Crippen LogP contribution >= 0.6 is 11.6 Å². The summed E-state index contributed by atoms with van der Waals surface area (Å²) in [4.78, 5) is 34.5. The summed E-state index contributed by atoms with van der Waals surface area (Å²) < 4.78 is 2.27. The first-order valence-corrected chi connectivity index (χ1v) is 13.5. The van der Waals surface area contributed by atoms with E-state index in [4.69, 9.17) is 32.0 Å². The first-order valence-electron chi connectivity index (χ1n) is 13.1. The van der Waals surface area contributed by atoms with Crippen molar-refractivity contribution in [1.29, 1.82) is 0 Å². The van der Waals surface area contributed by atoms with Crippen molar-refractivity contribution in [2.75, 3.05) is 20.1 Å². The van der Waals surface area contributed by atoms with Crippen molar-refractivity contribution >= 4 is 40.3 Å². The molecular weight excluding hydrogens is 538 g/mol. The zero-order chi connectivity index (χ0) is 29.1. The van der Waals surface area contributed by atoms with Crippen LogP contribution in [0.15, 0.2) is 48.7 Å². The fraction of sp³-hybridized carbons (Fsp3) is 0.414. The van der Waals surface area contributed by atoms with Gasteiger partial charge in [-0.2, -0.15) is 0 Å². The second-order valence-corrected chi connectivity index (χ2v) is 11.0. The van der Waals surface area contributed by atoms with Gasteiger partial charge in [-0.25, -0.2) is 9.59 Å². The molecule has 2 aliphatic rings. The highest BCUT2D eigenvalue weighted by Crippen LogP contribution is 2.45. The van der Waals surface area contributed by atoms with Gasteiger partial charge in [0.2, 0.25) is 0 Å². The number of likely N-dealkylation sites (N-methyl/N-ethyl adjacent to an activating group) is 1. The highest BCUT2D eigenvalue weighted by Gasteiger charge is 2.39. The smallest absolute Gasteiger partial charge is 0.335 e. The Bertz CT molecular complexity index is 1370. The number of nitrogens with zero attached hydrogens (tertiary/aromatic N) is 2. The van der Waals surface area contributed by atoms with Crippen molar-refractivity contribution < 1.29 is 34.8 Å². The van der Waals surface area contributed by atoms with E-state index in [0.29, 0.717) is 35.0 Å². The Kier molecular flexibility index (Phi) is 9.15. The van der Waals surface area contributed by atoms with Crippen molar-refractivity contribution in [2.24, 2.45) is 13.0 Å². The molecule has 1 amide bonds. The Morgan fingerprint density at radius 1 is 1.02 bits per heavy atom. The molecule has 0 spiro atoms. The second kappa shape index (κ2) is 12.4. The molecule has 5 atom stereocenters. The lowest BCUT2D eigenvalue weighted by atomic mass is 9.72. The zero-order valence-electron chi connectivity index (χ0n) is 22.3. The number of amides is 1. The number of carbonyl (C=O) groups excluding carboxylic acids is 1. The zero-order valence-corrected chi connectivity index (χ0v) is 23.1. The van der Waals surface area contributed by atoms with E-state index in [1.165, 1.54) is 28.5 Å². The van der Waals surface area contributed by atoms with Crippen molar-refractivity contribution in [3.8, 4) is 0 Å². The number of aliphatic hydroxyl groups excluding tert-OH is 2. The van der Waals surface area contributed by atoms with Gasteiger partial charge in [-0.1, -0.05) is 23.7 Å². The molecule has 5 rings (SSSR count). The number of nitrogens with one attached hydrogen (secondary N) is 1. The third-order valence-corrected chi connectivity index (χ3v) is 8.12. The number of aliphatic hydroxyl groups is 2. The number of aryl methyl sites for hydroxylation is 1. The molecule has 11 heteroatoms. The largest absolute Gasteiger partial charge is 0.479 e. The number of rotatable bonds is 7. The Hall–Kier alpha value is -3.44. The van der Waals surface area contributed by atoms with E-state index in [-0.39, 0.29) is 5.91 Å². The number of aliphatic carboxylic acids is 2. The molecule has 0 saturated carbocycles. The first kappa shape index (κ1) is 29.5. The van der Waals surface area contributed by atoms with Gasteiger partial charge in [0, 0.05) is 59.8 Å². The summed E-state index contributed by atoms with van der Waals surface area (Å²) in [7, 11) is 4.42. The van der Waals surface area contributed by atoms with E-state index in [1.807, 2.05) is 0 Å². The molecule has 1 saturated heterocycles. The van der Waals surface area contributed by atoms with Crippen LogP contribution in [0.3, 0.4) is 0 Å². The normalized spacial score (nSPS) is 21.5. The molecule has 40 heavy (non-hydrogen) atoms. The quantitative estimate of drug-likeness (QED) is 0.290. The van der Waals surface area contributed by atoms with E-state index < -0.39 is 24.1 Å². The Labute approximate surface area is 236 Å². The van der Waals surface area contributed by atoms with Gasteiger partial charge >= 0.3 is 11.9 Å². The minimum atomic E-state index is -2.27. The van der Waals surface area contributed by atoms with Crippen LogP contribution in [0.1, 0.15) is 40.2 Å². The molecule has 214 valence electrons. The molecule has 5 N–H and O–H groups in total. The number of piperidine rings is 1. The van der Waals surface area contributed by atoms with Crippen LogP contribution in [-0.4, -0.2) is 86.1 Å². The summed E-state index contributed by atoms with van der Waals surface area (Å²) >= 11 is 5.92. The minimum absolute atomic E-state index is 0.0231. The van der Waals surface area contributed by atoms with Crippen LogP contribution in [0.25, 0.3) is 10.9 Å². The molecule has 1 unspecified atom stereocenters. The van der Waals surface area contributed by atoms with Gasteiger partial charge in [-0.15, -0.1) is 0 Å². The molecule has 2 heterocycles. The van der Waals surface area contributed by atoms with Crippen LogP contribution in [0.4, 0.5) is 0 Å². The predicted molar refractivity (Wildman–Crippen MR) is 150 cm³/mol. The summed E-state index contributed by atoms with van der Waals surface area (Å²) in [5, 5.41) is 37.7. The highest BCUT2D eigenvalue weighted by molar-refractivity contribution is 6.30. The number of carboxylic acids is 2. The van der Waals surface area contributed by atoms with E-state index >= 15 is 0 Å². The molecule has 2 aromatic carbocycles. The lowest BCUT2D eigenvalue weighted by Crippen LogP contribution is -2.48. The number of carbonyl (C=O) groups is 3. The van der Waals surface area contributed by atoms with Gasteiger partial charge in [0.25, 0.3) is 5.91 Å². The van der Waals surface area contributed by atoms with Gasteiger partial charge in [-0.3, -0.25) is 4.79 Å². The second-order valence-electron chi connectivity index (χ2n) is 10.5. The van der Waals surface area contributed by atoms with Crippen molar-refractivity contribution in [1.82, 2.24) is 14.8 Å². The molecule has 1 fully saturated rings. The SMILES string of the molecule is CN1C[C@H](CCNC(=O)c2ccc(Cl)cc2)CC2c3cccc4c3c(cn4C)C[C@H]21.O=C(O)[C@H](O)[C@@H](O)C(=O)O. The summed E-state index contributed by atoms with van der Waals surface area (Å²) in [6, 6.07) is 14.4. The van der Waals surface area contributed by atoms with E-state index in [1.54, 1.807) is 24.3 Å². The maximum Gasteiger partial charge on any atom is 0.335 e. The third kappa shape index (κ3) is 6.31.